The second-order valence-electron chi connectivity index (χ2n) is 5.01. The number of hydrogen-bond donors (Lipinski definition) is 1. The number of fused-ring (bicyclic) bond motifs is 1. The molecule has 0 radical (unpaired) electrons. The Labute approximate surface area is 171 Å². The summed E-state index contributed by atoms with van der Waals surface area (Å²) in [6, 6.07) is 11.8. The molecule has 0 aliphatic rings. The SMILES string of the molecule is C[C@@H](Oc1ccc(Oc2cnc3ccc(Cl)cc3n2)cc1)C(=O)O.[Na+]. The first kappa shape index (κ1) is 19.5. The molecule has 122 valence electrons. The summed E-state index contributed by atoms with van der Waals surface area (Å²) in [5, 5.41) is 9.40. The molecular weight excluding hydrogens is 355 g/mol. The van der Waals surface area contributed by atoms with E-state index < -0.39 is 12.1 Å². The first-order chi connectivity index (χ1) is 11.5. The van der Waals surface area contributed by atoms with Crippen LogP contribution in [-0.4, -0.2) is 27.1 Å². The fourth-order valence-corrected chi connectivity index (χ4v) is 2.14. The van der Waals surface area contributed by atoms with Crippen molar-refractivity contribution in [3.8, 4) is 17.4 Å². The number of rotatable bonds is 5. The molecule has 0 aliphatic carbocycles. The second kappa shape index (κ2) is 8.49. The molecule has 3 rings (SSSR count). The number of carboxylic acids is 1. The van der Waals surface area contributed by atoms with Gasteiger partial charge in [-0.25, -0.2) is 14.8 Å². The van der Waals surface area contributed by atoms with Crippen LogP contribution in [-0.2, 0) is 4.79 Å². The van der Waals surface area contributed by atoms with Gasteiger partial charge in [0.25, 0.3) is 0 Å². The molecule has 6 nitrogen and oxygen atoms in total. The Morgan fingerprint density at radius 1 is 1.12 bits per heavy atom. The molecular formula is C17H13ClN2NaO4+. The standard InChI is InChI=1S/C17H13ClN2O4.Na/c1-10(17(21)22)23-12-3-5-13(6-4-12)24-16-9-19-14-7-2-11(18)8-15(14)20-16;/h2-10H,1H3,(H,21,22);/q;+1/t10-;/m1./s1. The molecule has 0 bridgehead atoms. The molecule has 1 N–H and O–H groups in total. The van der Waals surface area contributed by atoms with Crippen LogP contribution in [0.2, 0.25) is 5.02 Å². The summed E-state index contributed by atoms with van der Waals surface area (Å²) in [6.45, 7) is 1.46. The number of ether oxygens (including phenoxy) is 2. The van der Waals surface area contributed by atoms with Gasteiger partial charge in [0.2, 0.25) is 5.88 Å². The second-order valence-corrected chi connectivity index (χ2v) is 5.45. The number of benzene rings is 2. The maximum absolute atomic E-state index is 10.8. The minimum Gasteiger partial charge on any atom is -0.479 e. The predicted octanol–water partition coefficient (Wildman–Crippen LogP) is 0.931. The average molecular weight is 368 g/mol. The van der Waals surface area contributed by atoms with Crippen molar-refractivity contribution in [2.45, 2.75) is 13.0 Å². The van der Waals surface area contributed by atoms with E-state index in [9.17, 15) is 4.79 Å². The third-order valence-corrected chi connectivity index (χ3v) is 3.42. The zero-order valence-electron chi connectivity index (χ0n) is 13.6. The van der Waals surface area contributed by atoms with E-state index in [2.05, 4.69) is 9.97 Å². The maximum atomic E-state index is 10.8. The molecule has 1 atom stereocenters. The number of carboxylic acid groups (broad SMARTS) is 1. The third kappa shape index (κ3) is 5.06. The Hall–Kier alpha value is -1.86. The van der Waals surface area contributed by atoms with Crippen LogP contribution < -0.4 is 39.0 Å². The minimum absolute atomic E-state index is 0. The zero-order valence-corrected chi connectivity index (χ0v) is 16.4. The quantitative estimate of drug-likeness (QED) is 0.676. The van der Waals surface area contributed by atoms with E-state index in [4.69, 9.17) is 26.2 Å². The Balaban J connectivity index is 0.00000225. The molecule has 0 aliphatic heterocycles. The first-order valence-corrected chi connectivity index (χ1v) is 7.49. The van der Waals surface area contributed by atoms with Crippen LogP contribution in [0.4, 0.5) is 0 Å². The Bertz CT molecular complexity index is 889. The number of nitrogens with zero attached hydrogens (tertiary/aromatic N) is 2. The van der Waals surface area contributed by atoms with Gasteiger partial charge in [-0.05, 0) is 49.4 Å². The number of aliphatic carboxylic acids is 1. The largest absolute Gasteiger partial charge is 1.00 e. The molecule has 0 fully saturated rings. The third-order valence-electron chi connectivity index (χ3n) is 3.19. The number of aromatic nitrogens is 2. The van der Waals surface area contributed by atoms with Gasteiger partial charge in [0.1, 0.15) is 11.5 Å². The Morgan fingerprint density at radius 3 is 2.48 bits per heavy atom. The zero-order chi connectivity index (χ0) is 17.1. The van der Waals surface area contributed by atoms with Crippen LogP contribution in [0.3, 0.4) is 0 Å². The van der Waals surface area contributed by atoms with Crippen molar-refractivity contribution in [1.29, 1.82) is 0 Å². The van der Waals surface area contributed by atoms with Gasteiger partial charge >= 0.3 is 35.5 Å². The molecule has 0 saturated heterocycles. The normalized spacial score (nSPS) is 11.4. The van der Waals surface area contributed by atoms with Crippen LogP contribution in [0, 0.1) is 0 Å². The fraction of sp³-hybridized carbons (Fsp3) is 0.118. The summed E-state index contributed by atoms with van der Waals surface area (Å²) in [4.78, 5) is 19.4. The van der Waals surface area contributed by atoms with Gasteiger partial charge in [-0.1, -0.05) is 11.6 Å². The van der Waals surface area contributed by atoms with E-state index in [1.165, 1.54) is 13.1 Å². The summed E-state index contributed by atoms with van der Waals surface area (Å²) < 4.78 is 10.9. The summed E-state index contributed by atoms with van der Waals surface area (Å²) in [6.07, 6.45) is 0.598. The summed E-state index contributed by atoms with van der Waals surface area (Å²) in [7, 11) is 0. The molecule has 25 heavy (non-hydrogen) atoms. The molecule has 1 heterocycles. The number of halogens is 1. The van der Waals surface area contributed by atoms with E-state index in [0.29, 0.717) is 27.9 Å². The monoisotopic (exact) mass is 367 g/mol. The molecule has 8 heteroatoms. The van der Waals surface area contributed by atoms with Crippen molar-refractivity contribution in [3.63, 3.8) is 0 Å². The molecule has 0 unspecified atom stereocenters. The summed E-state index contributed by atoms with van der Waals surface area (Å²) in [5.74, 6) is 0.271. The molecule has 2 aromatic carbocycles. The van der Waals surface area contributed by atoms with E-state index in [-0.39, 0.29) is 29.6 Å². The molecule has 3 aromatic rings. The van der Waals surface area contributed by atoms with Gasteiger partial charge in [0.05, 0.1) is 17.2 Å². The minimum atomic E-state index is -1.03. The van der Waals surface area contributed by atoms with Crippen LogP contribution >= 0.6 is 11.6 Å². The van der Waals surface area contributed by atoms with Gasteiger partial charge in [-0.3, -0.25) is 0 Å². The fourth-order valence-electron chi connectivity index (χ4n) is 1.98. The van der Waals surface area contributed by atoms with Crippen molar-refractivity contribution in [2.24, 2.45) is 0 Å². The Kier molecular flexibility index (Phi) is 6.61. The van der Waals surface area contributed by atoms with Crippen LogP contribution in [0.25, 0.3) is 11.0 Å². The van der Waals surface area contributed by atoms with Gasteiger partial charge in [-0.15, -0.1) is 0 Å². The van der Waals surface area contributed by atoms with Crippen molar-refractivity contribution >= 4 is 28.6 Å². The van der Waals surface area contributed by atoms with Crippen molar-refractivity contribution in [1.82, 2.24) is 9.97 Å². The number of hydrogen-bond acceptors (Lipinski definition) is 5. The van der Waals surface area contributed by atoms with Crippen molar-refractivity contribution < 1.29 is 48.9 Å². The van der Waals surface area contributed by atoms with Crippen LogP contribution in [0.15, 0.2) is 48.7 Å². The molecule has 1 aromatic heterocycles. The summed E-state index contributed by atoms with van der Waals surface area (Å²) in [5.41, 5.74) is 1.35. The van der Waals surface area contributed by atoms with Gasteiger partial charge < -0.3 is 14.6 Å². The summed E-state index contributed by atoms with van der Waals surface area (Å²) >= 11 is 5.95. The Morgan fingerprint density at radius 2 is 1.80 bits per heavy atom. The molecule has 0 amide bonds. The van der Waals surface area contributed by atoms with Crippen molar-refractivity contribution in [3.05, 3.63) is 53.7 Å². The van der Waals surface area contributed by atoms with Crippen LogP contribution in [0.5, 0.6) is 17.4 Å². The van der Waals surface area contributed by atoms with E-state index in [0.717, 1.165) is 5.52 Å². The predicted molar refractivity (Wildman–Crippen MR) is 88.8 cm³/mol. The smallest absolute Gasteiger partial charge is 0.479 e. The molecule has 0 saturated carbocycles. The van der Waals surface area contributed by atoms with Crippen molar-refractivity contribution in [2.75, 3.05) is 0 Å². The van der Waals surface area contributed by atoms with Crippen LogP contribution in [0.1, 0.15) is 6.92 Å². The topological polar surface area (TPSA) is 81.5 Å². The van der Waals surface area contributed by atoms with E-state index >= 15 is 0 Å². The van der Waals surface area contributed by atoms with Gasteiger partial charge in [-0.2, -0.15) is 0 Å². The first-order valence-electron chi connectivity index (χ1n) is 7.11. The van der Waals surface area contributed by atoms with Gasteiger partial charge in [0, 0.05) is 5.02 Å². The molecule has 0 spiro atoms. The maximum Gasteiger partial charge on any atom is 1.00 e. The number of carbonyl (C=O) groups is 1. The van der Waals surface area contributed by atoms with E-state index in [1.807, 2.05) is 0 Å². The van der Waals surface area contributed by atoms with E-state index in [1.54, 1.807) is 42.5 Å². The van der Waals surface area contributed by atoms with Gasteiger partial charge in [0.15, 0.2) is 6.10 Å². The average Bonchev–Trinajstić information content (AvgIpc) is 2.56.